The van der Waals surface area contributed by atoms with Gasteiger partial charge in [-0.15, -0.1) is 0 Å². The van der Waals surface area contributed by atoms with Crippen molar-refractivity contribution in [3.05, 3.63) is 35.7 Å². The van der Waals surface area contributed by atoms with Crippen molar-refractivity contribution in [1.29, 1.82) is 0 Å². The minimum atomic E-state index is -1.26. The number of ketones is 1. The number of ether oxygens (including phenoxy) is 1. The molecule has 0 amide bonds. The maximum atomic E-state index is 14.3. The highest BCUT2D eigenvalue weighted by Crippen LogP contribution is 2.35. The van der Waals surface area contributed by atoms with Crippen LogP contribution in [0.2, 0.25) is 0 Å². The van der Waals surface area contributed by atoms with Gasteiger partial charge in [-0.05, 0) is 25.4 Å². The lowest BCUT2D eigenvalue weighted by molar-refractivity contribution is -0.114. The monoisotopic (exact) mass is 264 g/mol. The maximum absolute atomic E-state index is 14.3. The fraction of sp³-hybridized carbons (Fsp3) is 0.308. The van der Waals surface area contributed by atoms with E-state index in [2.05, 4.69) is 6.58 Å². The van der Waals surface area contributed by atoms with Crippen LogP contribution in [0.15, 0.2) is 24.3 Å². The lowest BCUT2D eigenvalue weighted by atomic mass is 9.78. The van der Waals surface area contributed by atoms with Crippen molar-refractivity contribution in [3.63, 3.8) is 0 Å². The highest BCUT2D eigenvalue weighted by Gasteiger charge is 2.40. The van der Waals surface area contributed by atoms with E-state index in [4.69, 9.17) is 9.39 Å². The summed E-state index contributed by atoms with van der Waals surface area (Å²) in [7, 11) is -1.26. The molecule has 2 rings (SSSR count). The summed E-state index contributed by atoms with van der Waals surface area (Å²) in [5.41, 5.74) is 0.525. The Morgan fingerprint density at radius 3 is 2.89 bits per heavy atom. The first kappa shape index (κ1) is 13.8. The van der Waals surface area contributed by atoms with E-state index in [1.54, 1.807) is 6.92 Å². The molecule has 0 saturated carbocycles. The van der Waals surface area contributed by atoms with Gasteiger partial charge in [0.15, 0.2) is 17.3 Å². The van der Waals surface area contributed by atoms with Crippen molar-refractivity contribution in [2.24, 2.45) is 0 Å². The molecule has 1 aliphatic heterocycles. The molecular weight excluding hydrogens is 250 g/mol. The van der Waals surface area contributed by atoms with Crippen molar-refractivity contribution in [1.82, 2.24) is 0 Å². The summed E-state index contributed by atoms with van der Waals surface area (Å²) in [5, 5.41) is 9.75. The van der Waals surface area contributed by atoms with Gasteiger partial charge in [-0.2, -0.15) is 0 Å². The second-order valence-corrected chi connectivity index (χ2v) is 4.26. The Bertz CT molecular complexity index is 544. The van der Waals surface area contributed by atoms with E-state index in [1.165, 1.54) is 19.1 Å². The molecule has 4 nitrogen and oxygen atoms in total. The summed E-state index contributed by atoms with van der Waals surface area (Å²) in [6.45, 7) is 6.97. The summed E-state index contributed by atoms with van der Waals surface area (Å²) in [4.78, 5) is 11.4. The topological polar surface area (TPSA) is 55.8 Å². The molecule has 0 bridgehead atoms. The Hall–Kier alpha value is -1.66. The number of carbonyl (C=O) groups excluding carboxylic acids is 1. The van der Waals surface area contributed by atoms with E-state index in [9.17, 15) is 14.2 Å². The molecule has 100 valence electrons. The molecule has 1 aromatic carbocycles. The van der Waals surface area contributed by atoms with E-state index in [-0.39, 0.29) is 22.7 Å². The molecule has 0 saturated heterocycles. The van der Waals surface area contributed by atoms with Crippen molar-refractivity contribution in [2.45, 2.75) is 20.0 Å². The van der Waals surface area contributed by atoms with Gasteiger partial charge in [0.25, 0.3) is 0 Å². The van der Waals surface area contributed by atoms with Gasteiger partial charge in [0, 0.05) is 11.1 Å². The van der Waals surface area contributed by atoms with Crippen LogP contribution in [0, 0.1) is 5.82 Å². The van der Waals surface area contributed by atoms with E-state index in [0.717, 1.165) is 0 Å². The summed E-state index contributed by atoms with van der Waals surface area (Å²) >= 11 is 0. The van der Waals surface area contributed by atoms with Gasteiger partial charge in [0.1, 0.15) is 0 Å². The predicted molar refractivity (Wildman–Crippen MR) is 68.8 cm³/mol. The van der Waals surface area contributed by atoms with Crippen LogP contribution < -0.4 is 10.2 Å². The standard InChI is InChI=1S/C13H14BFO4/c1-4-18-10-6-5-9-11(12(10)15)13(19-14(9)17)7(2)8(3)16/h5-6,13,17H,2,4H2,1,3H3. The van der Waals surface area contributed by atoms with Crippen molar-refractivity contribution >= 4 is 18.4 Å². The zero-order valence-electron chi connectivity index (χ0n) is 10.8. The van der Waals surface area contributed by atoms with E-state index >= 15 is 0 Å². The van der Waals surface area contributed by atoms with Crippen LogP contribution in [-0.2, 0) is 9.45 Å². The number of fused-ring (bicyclic) bond motifs is 1. The second kappa shape index (κ2) is 5.15. The van der Waals surface area contributed by atoms with Crippen LogP contribution in [0.4, 0.5) is 4.39 Å². The lowest BCUT2D eigenvalue weighted by Crippen LogP contribution is -2.28. The largest absolute Gasteiger partial charge is 0.492 e. The van der Waals surface area contributed by atoms with Gasteiger partial charge < -0.3 is 14.4 Å². The van der Waals surface area contributed by atoms with Crippen molar-refractivity contribution < 1.29 is 23.6 Å². The lowest BCUT2D eigenvalue weighted by Gasteiger charge is -2.15. The first-order chi connectivity index (χ1) is 8.97. The van der Waals surface area contributed by atoms with Gasteiger partial charge in [0.05, 0.1) is 12.7 Å². The second-order valence-electron chi connectivity index (χ2n) is 4.26. The smallest absolute Gasteiger partial charge is 0.491 e. The Labute approximate surface area is 111 Å². The van der Waals surface area contributed by atoms with Gasteiger partial charge in [-0.1, -0.05) is 12.6 Å². The average molecular weight is 264 g/mol. The molecule has 0 radical (unpaired) electrons. The molecule has 1 unspecified atom stereocenters. The maximum Gasteiger partial charge on any atom is 0.492 e. The minimum Gasteiger partial charge on any atom is -0.491 e. The van der Waals surface area contributed by atoms with Crippen LogP contribution in [0.25, 0.3) is 0 Å². The molecule has 1 heterocycles. The number of benzene rings is 1. The Morgan fingerprint density at radius 2 is 2.32 bits per heavy atom. The molecular formula is C13H14BFO4. The third-order valence-corrected chi connectivity index (χ3v) is 3.04. The number of rotatable bonds is 4. The third-order valence-electron chi connectivity index (χ3n) is 3.04. The first-order valence-corrected chi connectivity index (χ1v) is 5.95. The normalized spacial score (nSPS) is 17.3. The number of Topliss-reactive ketones (excluding diaryl/α,β-unsaturated/α-hetero) is 1. The highest BCUT2D eigenvalue weighted by atomic mass is 19.1. The molecule has 0 aromatic heterocycles. The summed E-state index contributed by atoms with van der Waals surface area (Å²) < 4.78 is 24.7. The van der Waals surface area contributed by atoms with Crippen LogP contribution in [0.3, 0.4) is 0 Å². The molecule has 0 fully saturated rings. The molecule has 1 N–H and O–H groups in total. The van der Waals surface area contributed by atoms with Gasteiger partial charge in [-0.3, -0.25) is 4.79 Å². The average Bonchev–Trinajstić information content (AvgIpc) is 2.70. The first-order valence-electron chi connectivity index (χ1n) is 5.95. The Kier molecular flexibility index (Phi) is 3.73. The molecule has 1 aliphatic rings. The predicted octanol–water partition coefficient (Wildman–Crippen LogP) is 1.13. The quantitative estimate of drug-likeness (QED) is 0.654. The number of hydrogen-bond donors (Lipinski definition) is 1. The molecule has 19 heavy (non-hydrogen) atoms. The van der Waals surface area contributed by atoms with Crippen molar-refractivity contribution in [2.75, 3.05) is 6.61 Å². The zero-order chi connectivity index (χ0) is 14.2. The summed E-state index contributed by atoms with van der Waals surface area (Å²) in [5.74, 6) is -0.866. The number of halogens is 1. The van der Waals surface area contributed by atoms with E-state index in [0.29, 0.717) is 12.1 Å². The van der Waals surface area contributed by atoms with Crippen LogP contribution in [0.5, 0.6) is 5.75 Å². The van der Waals surface area contributed by atoms with Gasteiger partial charge >= 0.3 is 7.12 Å². The number of carbonyl (C=O) groups is 1. The third kappa shape index (κ3) is 2.29. The molecule has 0 spiro atoms. The Balaban J connectivity index is 2.51. The SMILES string of the molecule is C=C(C(C)=O)C1OB(O)c2ccc(OCC)c(F)c21. The van der Waals surface area contributed by atoms with E-state index < -0.39 is 19.0 Å². The zero-order valence-corrected chi connectivity index (χ0v) is 10.8. The summed E-state index contributed by atoms with van der Waals surface area (Å²) in [6, 6.07) is 2.96. The minimum absolute atomic E-state index is 0.0697. The molecule has 6 heteroatoms. The van der Waals surface area contributed by atoms with Crippen LogP contribution in [-0.4, -0.2) is 24.5 Å². The van der Waals surface area contributed by atoms with Crippen LogP contribution in [0.1, 0.15) is 25.5 Å². The van der Waals surface area contributed by atoms with Gasteiger partial charge in [-0.25, -0.2) is 4.39 Å². The van der Waals surface area contributed by atoms with Crippen molar-refractivity contribution in [3.8, 4) is 5.75 Å². The van der Waals surface area contributed by atoms with Gasteiger partial charge in [0.2, 0.25) is 0 Å². The van der Waals surface area contributed by atoms with Crippen LogP contribution >= 0.6 is 0 Å². The highest BCUT2D eigenvalue weighted by molar-refractivity contribution is 6.62. The van der Waals surface area contributed by atoms with E-state index in [1.807, 2.05) is 0 Å². The fourth-order valence-corrected chi connectivity index (χ4v) is 2.05. The number of hydrogen-bond acceptors (Lipinski definition) is 4. The molecule has 1 aromatic rings. The molecule has 0 aliphatic carbocycles. The Morgan fingerprint density at radius 1 is 1.63 bits per heavy atom. The fourth-order valence-electron chi connectivity index (χ4n) is 2.05. The molecule has 1 atom stereocenters. The summed E-state index contributed by atoms with van der Waals surface area (Å²) in [6.07, 6.45) is -0.970.